The van der Waals surface area contributed by atoms with Crippen LogP contribution >= 0.6 is 0 Å². The van der Waals surface area contributed by atoms with Crippen molar-refractivity contribution in [2.45, 2.75) is 31.7 Å². The SMILES string of the molecule is NCCC(=O)N1CCCCC1CNC(=O)c1ccccc1. The van der Waals surface area contributed by atoms with Crippen molar-refractivity contribution in [2.24, 2.45) is 5.73 Å². The summed E-state index contributed by atoms with van der Waals surface area (Å²) in [5.41, 5.74) is 6.11. The zero-order valence-corrected chi connectivity index (χ0v) is 12.3. The molecule has 21 heavy (non-hydrogen) atoms. The van der Waals surface area contributed by atoms with Gasteiger partial charge in [-0.15, -0.1) is 0 Å². The van der Waals surface area contributed by atoms with Crippen LogP contribution in [0, 0.1) is 0 Å². The smallest absolute Gasteiger partial charge is 0.251 e. The van der Waals surface area contributed by atoms with Crippen molar-refractivity contribution in [1.82, 2.24) is 10.2 Å². The van der Waals surface area contributed by atoms with Crippen molar-refractivity contribution in [2.75, 3.05) is 19.6 Å². The molecule has 0 spiro atoms. The second-order valence-corrected chi connectivity index (χ2v) is 5.35. The molecule has 5 heteroatoms. The zero-order chi connectivity index (χ0) is 15.1. The highest BCUT2D eigenvalue weighted by Gasteiger charge is 2.26. The molecule has 0 aromatic heterocycles. The summed E-state index contributed by atoms with van der Waals surface area (Å²) < 4.78 is 0. The molecule has 1 unspecified atom stereocenters. The Kier molecular flexibility index (Phi) is 5.75. The average molecular weight is 289 g/mol. The van der Waals surface area contributed by atoms with Crippen molar-refractivity contribution >= 4 is 11.8 Å². The molecule has 5 nitrogen and oxygen atoms in total. The number of nitrogens with two attached hydrogens (primary N) is 1. The number of carbonyl (C=O) groups is 2. The fraction of sp³-hybridized carbons (Fsp3) is 0.500. The van der Waals surface area contributed by atoms with Crippen LogP contribution < -0.4 is 11.1 Å². The van der Waals surface area contributed by atoms with Gasteiger partial charge in [0.15, 0.2) is 0 Å². The maximum absolute atomic E-state index is 12.1. The monoisotopic (exact) mass is 289 g/mol. The number of carbonyl (C=O) groups excluding carboxylic acids is 2. The Morgan fingerprint density at radius 3 is 2.71 bits per heavy atom. The fourth-order valence-electron chi connectivity index (χ4n) is 2.71. The van der Waals surface area contributed by atoms with Crippen LogP contribution in [-0.2, 0) is 4.79 Å². The number of hydrogen-bond acceptors (Lipinski definition) is 3. The lowest BCUT2D eigenvalue weighted by atomic mass is 10.0. The Labute approximate surface area is 125 Å². The minimum absolute atomic E-state index is 0.0884. The van der Waals surface area contributed by atoms with E-state index in [4.69, 9.17) is 5.73 Å². The first-order chi connectivity index (χ1) is 10.2. The van der Waals surface area contributed by atoms with Gasteiger partial charge in [-0.3, -0.25) is 9.59 Å². The lowest BCUT2D eigenvalue weighted by Gasteiger charge is -2.36. The standard InChI is InChI=1S/C16H23N3O2/c17-10-9-15(20)19-11-5-4-8-14(19)12-18-16(21)13-6-2-1-3-7-13/h1-3,6-7,14H,4-5,8-12,17H2,(H,18,21). The molecule has 1 aromatic rings. The highest BCUT2D eigenvalue weighted by atomic mass is 16.2. The molecule has 3 N–H and O–H groups in total. The number of likely N-dealkylation sites (tertiary alicyclic amines) is 1. The molecule has 2 amide bonds. The summed E-state index contributed by atoms with van der Waals surface area (Å²) in [7, 11) is 0. The Hall–Kier alpha value is -1.88. The number of rotatable bonds is 5. The molecule has 0 radical (unpaired) electrons. The number of nitrogens with one attached hydrogen (secondary N) is 1. The maximum Gasteiger partial charge on any atom is 0.251 e. The summed E-state index contributed by atoms with van der Waals surface area (Å²) in [6.45, 7) is 1.65. The second kappa shape index (κ2) is 7.78. The average Bonchev–Trinajstić information content (AvgIpc) is 2.54. The van der Waals surface area contributed by atoms with E-state index in [1.165, 1.54) is 0 Å². The van der Waals surface area contributed by atoms with Crippen LogP contribution in [0.1, 0.15) is 36.0 Å². The van der Waals surface area contributed by atoms with Crippen LogP contribution in [0.3, 0.4) is 0 Å². The van der Waals surface area contributed by atoms with Crippen LogP contribution in [0.5, 0.6) is 0 Å². The topological polar surface area (TPSA) is 75.4 Å². The first-order valence-electron chi connectivity index (χ1n) is 7.55. The summed E-state index contributed by atoms with van der Waals surface area (Å²) in [4.78, 5) is 26.0. The Balaban J connectivity index is 1.90. The van der Waals surface area contributed by atoms with E-state index in [9.17, 15) is 9.59 Å². The molecule has 0 bridgehead atoms. The Morgan fingerprint density at radius 1 is 1.24 bits per heavy atom. The van der Waals surface area contributed by atoms with Crippen LogP contribution in [0.2, 0.25) is 0 Å². The quantitative estimate of drug-likeness (QED) is 0.853. The van der Waals surface area contributed by atoms with Gasteiger partial charge in [-0.25, -0.2) is 0 Å². The van der Waals surface area contributed by atoms with Crippen molar-refractivity contribution < 1.29 is 9.59 Å². The van der Waals surface area contributed by atoms with Gasteiger partial charge in [0.1, 0.15) is 0 Å². The first-order valence-corrected chi connectivity index (χ1v) is 7.55. The third kappa shape index (κ3) is 4.29. The number of amides is 2. The summed E-state index contributed by atoms with van der Waals surface area (Å²) in [5, 5.41) is 2.93. The molecule has 114 valence electrons. The van der Waals surface area contributed by atoms with Gasteiger partial charge in [-0.05, 0) is 31.4 Å². The third-order valence-corrected chi connectivity index (χ3v) is 3.84. The third-order valence-electron chi connectivity index (χ3n) is 3.84. The van der Waals surface area contributed by atoms with Gasteiger partial charge in [0.2, 0.25) is 5.91 Å². The van der Waals surface area contributed by atoms with Crippen LogP contribution in [-0.4, -0.2) is 42.4 Å². The van der Waals surface area contributed by atoms with Crippen LogP contribution in [0.4, 0.5) is 0 Å². The number of piperidine rings is 1. The molecule has 1 aromatic carbocycles. The highest BCUT2D eigenvalue weighted by molar-refractivity contribution is 5.94. The molecule has 1 aliphatic rings. The molecule has 1 atom stereocenters. The van der Waals surface area contributed by atoms with Crippen molar-refractivity contribution in [3.05, 3.63) is 35.9 Å². The van der Waals surface area contributed by atoms with Crippen LogP contribution in [0.15, 0.2) is 30.3 Å². The van der Waals surface area contributed by atoms with E-state index in [1.807, 2.05) is 23.1 Å². The number of benzene rings is 1. The van der Waals surface area contributed by atoms with E-state index in [1.54, 1.807) is 12.1 Å². The minimum Gasteiger partial charge on any atom is -0.350 e. The van der Waals surface area contributed by atoms with E-state index in [0.717, 1.165) is 25.8 Å². The van der Waals surface area contributed by atoms with Crippen molar-refractivity contribution in [3.63, 3.8) is 0 Å². The van der Waals surface area contributed by atoms with E-state index in [0.29, 0.717) is 25.1 Å². The summed E-state index contributed by atoms with van der Waals surface area (Å²) >= 11 is 0. The molecule has 1 aliphatic heterocycles. The van der Waals surface area contributed by atoms with Gasteiger partial charge in [0.25, 0.3) is 5.91 Å². The van der Waals surface area contributed by atoms with E-state index in [-0.39, 0.29) is 17.9 Å². The predicted octanol–water partition coefficient (Wildman–Crippen LogP) is 1.15. The summed E-state index contributed by atoms with van der Waals surface area (Å²) in [6, 6.07) is 9.22. The molecule has 0 aliphatic carbocycles. The Morgan fingerprint density at radius 2 is 2.00 bits per heavy atom. The molecular formula is C16H23N3O2. The minimum atomic E-state index is -0.0904. The molecular weight excluding hydrogens is 266 g/mol. The second-order valence-electron chi connectivity index (χ2n) is 5.35. The van der Waals surface area contributed by atoms with E-state index in [2.05, 4.69) is 5.32 Å². The van der Waals surface area contributed by atoms with E-state index < -0.39 is 0 Å². The van der Waals surface area contributed by atoms with E-state index >= 15 is 0 Å². The normalized spacial score (nSPS) is 18.3. The maximum atomic E-state index is 12.1. The molecule has 1 heterocycles. The molecule has 1 fully saturated rings. The van der Waals surface area contributed by atoms with Gasteiger partial charge in [-0.2, -0.15) is 0 Å². The van der Waals surface area contributed by atoms with Crippen molar-refractivity contribution in [1.29, 1.82) is 0 Å². The number of nitrogens with zero attached hydrogens (tertiary/aromatic N) is 1. The fourth-order valence-corrected chi connectivity index (χ4v) is 2.71. The van der Waals surface area contributed by atoms with Gasteiger partial charge < -0.3 is 16.0 Å². The zero-order valence-electron chi connectivity index (χ0n) is 12.3. The van der Waals surface area contributed by atoms with Crippen LogP contribution in [0.25, 0.3) is 0 Å². The Bertz CT molecular complexity index is 476. The lowest BCUT2D eigenvalue weighted by Crippen LogP contribution is -2.49. The summed E-state index contributed by atoms with van der Waals surface area (Å²) in [5.74, 6) is 0.00329. The lowest BCUT2D eigenvalue weighted by molar-refractivity contribution is -0.134. The highest BCUT2D eigenvalue weighted by Crippen LogP contribution is 2.17. The van der Waals surface area contributed by atoms with Gasteiger partial charge in [0, 0.05) is 37.7 Å². The molecule has 0 saturated carbocycles. The largest absolute Gasteiger partial charge is 0.350 e. The van der Waals surface area contributed by atoms with Crippen molar-refractivity contribution in [3.8, 4) is 0 Å². The van der Waals surface area contributed by atoms with Gasteiger partial charge in [-0.1, -0.05) is 18.2 Å². The van der Waals surface area contributed by atoms with Gasteiger partial charge in [0.05, 0.1) is 0 Å². The first kappa shape index (κ1) is 15.5. The van der Waals surface area contributed by atoms with Gasteiger partial charge >= 0.3 is 0 Å². The summed E-state index contributed by atoms with van der Waals surface area (Å²) in [6.07, 6.45) is 3.44. The molecule has 2 rings (SSSR count). The molecule has 1 saturated heterocycles. The number of hydrogen-bond donors (Lipinski definition) is 2. The predicted molar refractivity (Wildman–Crippen MR) is 81.8 cm³/mol.